The van der Waals surface area contributed by atoms with Crippen molar-refractivity contribution in [1.29, 1.82) is 0 Å². The molecule has 0 spiro atoms. The maximum Gasteiger partial charge on any atom is 0.270 e. The molecule has 7 heteroatoms. The first-order valence-corrected chi connectivity index (χ1v) is 11.3. The highest BCUT2D eigenvalue weighted by atomic mass is 16.5. The second kappa shape index (κ2) is 9.57. The summed E-state index contributed by atoms with van der Waals surface area (Å²) in [6.07, 6.45) is 2.77. The molecule has 1 atom stereocenters. The summed E-state index contributed by atoms with van der Waals surface area (Å²) in [6.45, 7) is 12.5. The fourth-order valence-corrected chi connectivity index (χ4v) is 4.57. The van der Waals surface area contributed by atoms with Gasteiger partial charge in [0.05, 0.1) is 5.69 Å². The second-order valence-corrected chi connectivity index (χ2v) is 9.36. The Hall–Kier alpha value is -2.12. The van der Waals surface area contributed by atoms with Crippen LogP contribution < -0.4 is 15.0 Å². The molecule has 2 aliphatic heterocycles. The number of hydrogen-bond acceptors (Lipinski definition) is 5. The Morgan fingerprint density at radius 1 is 1.39 bits per heavy atom. The topological polar surface area (TPSA) is 71.1 Å². The average Bonchev–Trinajstić information content (AvgIpc) is 2.71. The van der Waals surface area contributed by atoms with Crippen LogP contribution in [0.3, 0.4) is 0 Å². The lowest BCUT2D eigenvalue weighted by Gasteiger charge is -2.40. The van der Waals surface area contributed by atoms with Gasteiger partial charge in [0.25, 0.3) is 11.8 Å². The minimum absolute atomic E-state index is 0.0122. The summed E-state index contributed by atoms with van der Waals surface area (Å²) < 4.78 is 11.2. The minimum atomic E-state index is -0.949. The third-order valence-electron chi connectivity index (χ3n) is 6.14. The van der Waals surface area contributed by atoms with Crippen molar-refractivity contribution in [2.24, 2.45) is 0 Å². The average molecular weight is 432 g/mol. The van der Waals surface area contributed by atoms with E-state index in [1.165, 1.54) is 0 Å². The summed E-state index contributed by atoms with van der Waals surface area (Å²) in [6, 6.07) is 4.00. The van der Waals surface area contributed by atoms with Gasteiger partial charge >= 0.3 is 0 Å². The van der Waals surface area contributed by atoms with E-state index < -0.39 is 5.60 Å². The normalized spacial score (nSPS) is 20.4. The standard InChI is InChI=1S/C24H37N3O4/c1-16(2)27(18-9-7-10-25-15-18)22(28)19-14-20-21(13-17(19)3)31-24(4,5)23(29)26(20)11-8-12-30-6/h13-14,16,18,25H,7-12,15H2,1-6H3/t18-/m1/s1. The number of carbonyl (C=O) groups is 2. The molecule has 3 rings (SSSR count). The van der Waals surface area contributed by atoms with Crippen molar-refractivity contribution in [3.05, 3.63) is 23.3 Å². The highest BCUT2D eigenvalue weighted by molar-refractivity contribution is 6.05. The van der Waals surface area contributed by atoms with Crippen molar-refractivity contribution < 1.29 is 19.1 Å². The van der Waals surface area contributed by atoms with E-state index >= 15 is 0 Å². The van der Waals surface area contributed by atoms with Crippen LogP contribution in [0.2, 0.25) is 0 Å². The third-order valence-corrected chi connectivity index (χ3v) is 6.14. The largest absolute Gasteiger partial charge is 0.476 e. The summed E-state index contributed by atoms with van der Waals surface area (Å²) in [7, 11) is 1.65. The Bertz CT molecular complexity index is 815. The Balaban J connectivity index is 1.99. The smallest absolute Gasteiger partial charge is 0.270 e. The van der Waals surface area contributed by atoms with Crippen molar-refractivity contribution in [3.8, 4) is 5.75 Å². The molecule has 0 radical (unpaired) electrons. The molecule has 2 heterocycles. The number of aryl methyl sites for hydroxylation is 1. The van der Waals surface area contributed by atoms with Crippen LogP contribution in [0.4, 0.5) is 5.69 Å². The minimum Gasteiger partial charge on any atom is -0.476 e. The molecule has 1 N–H and O–H groups in total. The second-order valence-electron chi connectivity index (χ2n) is 9.36. The van der Waals surface area contributed by atoms with Gasteiger partial charge in [0.15, 0.2) is 5.60 Å². The fourth-order valence-electron chi connectivity index (χ4n) is 4.57. The number of ether oxygens (including phenoxy) is 2. The lowest BCUT2D eigenvalue weighted by Crippen LogP contribution is -2.53. The maximum atomic E-state index is 13.7. The number of hydrogen-bond donors (Lipinski definition) is 1. The molecular weight excluding hydrogens is 394 g/mol. The van der Waals surface area contributed by atoms with E-state index in [0.29, 0.717) is 36.6 Å². The molecule has 0 aliphatic carbocycles. The van der Waals surface area contributed by atoms with E-state index in [-0.39, 0.29) is 23.9 Å². The van der Waals surface area contributed by atoms with E-state index in [4.69, 9.17) is 9.47 Å². The van der Waals surface area contributed by atoms with Gasteiger partial charge in [0, 0.05) is 44.5 Å². The number of methoxy groups -OCH3 is 1. The van der Waals surface area contributed by atoms with Crippen LogP contribution in [0.25, 0.3) is 0 Å². The number of benzene rings is 1. The summed E-state index contributed by atoms with van der Waals surface area (Å²) in [5, 5.41) is 3.41. The highest BCUT2D eigenvalue weighted by Crippen LogP contribution is 2.40. The number of fused-ring (bicyclic) bond motifs is 1. The van der Waals surface area contributed by atoms with Crippen LogP contribution in [0.1, 0.15) is 62.9 Å². The molecule has 2 amide bonds. The van der Waals surface area contributed by atoms with Crippen molar-refractivity contribution >= 4 is 17.5 Å². The van der Waals surface area contributed by atoms with Crippen molar-refractivity contribution in [2.75, 3.05) is 38.3 Å². The first kappa shape index (κ1) is 23.5. The van der Waals surface area contributed by atoms with Gasteiger partial charge in [-0.1, -0.05) is 0 Å². The van der Waals surface area contributed by atoms with Gasteiger partial charge in [0.2, 0.25) is 0 Å². The zero-order valence-corrected chi connectivity index (χ0v) is 19.8. The molecule has 2 aliphatic rings. The van der Waals surface area contributed by atoms with Crippen LogP contribution in [-0.2, 0) is 9.53 Å². The summed E-state index contributed by atoms with van der Waals surface area (Å²) in [4.78, 5) is 30.6. The molecule has 1 fully saturated rings. The number of carbonyl (C=O) groups excluding carboxylic acids is 2. The monoisotopic (exact) mass is 431 g/mol. The van der Waals surface area contributed by atoms with E-state index in [9.17, 15) is 9.59 Å². The molecule has 1 aromatic carbocycles. The van der Waals surface area contributed by atoms with Gasteiger partial charge in [-0.05, 0) is 78.1 Å². The number of nitrogens with zero attached hydrogens (tertiary/aromatic N) is 2. The van der Waals surface area contributed by atoms with Crippen LogP contribution >= 0.6 is 0 Å². The zero-order chi connectivity index (χ0) is 22.8. The lowest BCUT2D eigenvalue weighted by atomic mass is 9.97. The number of amides is 2. The van der Waals surface area contributed by atoms with Crippen LogP contribution in [0, 0.1) is 6.92 Å². The Morgan fingerprint density at radius 2 is 2.13 bits per heavy atom. The Labute approximate surface area is 186 Å². The predicted molar refractivity (Wildman–Crippen MR) is 122 cm³/mol. The van der Waals surface area contributed by atoms with Crippen LogP contribution in [-0.4, -0.2) is 67.7 Å². The van der Waals surface area contributed by atoms with Crippen LogP contribution in [0.15, 0.2) is 12.1 Å². The SMILES string of the molecule is COCCCN1C(=O)C(C)(C)Oc2cc(C)c(C(=O)N(C(C)C)[C@@H]3CCCNC3)cc21. The molecule has 172 valence electrons. The van der Waals surface area contributed by atoms with Gasteiger partial charge < -0.3 is 24.6 Å². The van der Waals surface area contributed by atoms with E-state index in [1.54, 1.807) is 25.9 Å². The van der Waals surface area contributed by atoms with Gasteiger partial charge in [-0.15, -0.1) is 0 Å². The molecule has 1 aromatic rings. The Morgan fingerprint density at radius 3 is 2.74 bits per heavy atom. The van der Waals surface area contributed by atoms with E-state index in [0.717, 1.165) is 31.5 Å². The number of anilines is 1. The number of nitrogens with one attached hydrogen (secondary N) is 1. The first-order chi connectivity index (χ1) is 14.7. The number of rotatable bonds is 7. The van der Waals surface area contributed by atoms with Gasteiger partial charge in [0.1, 0.15) is 5.75 Å². The predicted octanol–water partition coefficient (Wildman–Crippen LogP) is 3.14. The van der Waals surface area contributed by atoms with Gasteiger partial charge in [-0.2, -0.15) is 0 Å². The maximum absolute atomic E-state index is 13.7. The fraction of sp³-hybridized carbons (Fsp3) is 0.667. The van der Waals surface area contributed by atoms with Gasteiger partial charge in [-0.25, -0.2) is 0 Å². The third kappa shape index (κ3) is 4.88. The number of piperidine rings is 1. The van der Waals surface area contributed by atoms with Crippen molar-refractivity contribution in [1.82, 2.24) is 10.2 Å². The summed E-state index contributed by atoms with van der Waals surface area (Å²) in [5.74, 6) is 0.556. The summed E-state index contributed by atoms with van der Waals surface area (Å²) >= 11 is 0. The first-order valence-electron chi connectivity index (χ1n) is 11.3. The van der Waals surface area contributed by atoms with Crippen LogP contribution in [0.5, 0.6) is 5.75 Å². The molecular formula is C24H37N3O4. The highest BCUT2D eigenvalue weighted by Gasteiger charge is 2.41. The molecule has 7 nitrogen and oxygen atoms in total. The molecule has 0 bridgehead atoms. The van der Waals surface area contributed by atoms with E-state index in [2.05, 4.69) is 19.2 Å². The van der Waals surface area contributed by atoms with Crippen molar-refractivity contribution in [3.63, 3.8) is 0 Å². The Kier molecular flexibility index (Phi) is 7.27. The summed E-state index contributed by atoms with van der Waals surface area (Å²) in [5.41, 5.74) is 1.21. The molecule has 0 unspecified atom stereocenters. The van der Waals surface area contributed by atoms with E-state index in [1.807, 2.05) is 24.0 Å². The molecule has 0 saturated carbocycles. The quantitative estimate of drug-likeness (QED) is 0.672. The molecule has 0 aromatic heterocycles. The lowest BCUT2D eigenvalue weighted by molar-refractivity contribution is -0.132. The van der Waals surface area contributed by atoms with Gasteiger partial charge in [-0.3, -0.25) is 9.59 Å². The van der Waals surface area contributed by atoms with Crippen molar-refractivity contribution in [2.45, 2.75) is 71.6 Å². The molecule has 1 saturated heterocycles. The molecule has 31 heavy (non-hydrogen) atoms. The zero-order valence-electron chi connectivity index (χ0n) is 19.8.